The zero-order valence-corrected chi connectivity index (χ0v) is 11.7. The number of carbonyl (C=O) groups is 1. The minimum absolute atomic E-state index is 0.0119. The number of benzene rings is 1. The zero-order chi connectivity index (χ0) is 15.7. The van der Waals surface area contributed by atoms with Crippen LogP contribution >= 0.6 is 0 Å². The Bertz CT molecular complexity index is 582. The summed E-state index contributed by atoms with van der Waals surface area (Å²) >= 11 is 0. The molecule has 1 aromatic carbocycles. The highest BCUT2D eigenvalue weighted by Gasteiger charge is 2.39. The highest BCUT2D eigenvalue weighted by atomic mass is 16.6. The topological polar surface area (TPSA) is 106 Å². The first-order valence-electron chi connectivity index (χ1n) is 6.54. The summed E-state index contributed by atoms with van der Waals surface area (Å²) in [4.78, 5) is 33.9. The summed E-state index contributed by atoms with van der Waals surface area (Å²) in [5.74, 6) is 0.0414. The number of nitro benzene ring substituents is 2. The highest BCUT2D eigenvalue weighted by Crippen LogP contribution is 2.29. The van der Waals surface area contributed by atoms with Gasteiger partial charge in [0.25, 0.3) is 17.3 Å². The van der Waals surface area contributed by atoms with Gasteiger partial charge in [0.2, 0.25) is 0 Å². The van der Waals surface area contributed by atoms with Crippen molar-refractivity contribution in [2.75, 3.05) is 6.54 Å². The molecule has 112 valence electrons. The minimum atomic E-state index is -0.738. The maximum atomic E-state index is 12.2. The van der Waals surface area contributed by atoms with Crippen LogP contribution in [0.4, 0.5) is 11.4 Å². The first-order valence-corrected chi connectivity index (χ1v) is 6.54. The molecule has 1 aliphatic heterocycles. The van der Waals surface area contributed by atoms with Gasteiger partial charge in [-0.15, -0.1) is 0 Å². The summed E-state index contributed by atoms with van der Waals surface area (Å²) < 4.78 is 0. The standard InChI is InChI=1S/C13H15N3O5/c1-8(2)3-12-7-14(12)13(17)9-4-10(15(18)19)6-11(5-9)16(20)21/h4-6,8,12H,3,7H2,1-2H3. The van der Waals surface area contributed by atoms with E-state index in [1.165, 1.54) is 0 Å². The van der Waals surface area contributed by atoms with Crippen molar-refractivity contribution in [2.45, 2.75) is 26.3 Å². The normalized spacial score (nSPS) is 16.9. The fourth-order valence-electron chi connectivity index (χ4n) is 2.27. The van der Waals surface area contributed by atoms with Gasteiger partial charge < -0.3 is 4.90 Å². The van der Waals surface area contributed by atoms with E-state index in [1.807, 2.05) is 13.8 Å². The van der Waals surface area contributed by atoms with Gasteiger partial charge in [-0.1, -0.05) is 13.8 Å². The van der Waals surface area contributed by atoms with Gasteiger partial charge in [0.15, 0.2) is 0 Å². The molecule has 0 saturated carbocycles. The van der Waals surface area contributed by atoms with E-state index in [1.54, 1.807) is 4.90 Å². The molecule has 0 bridgehead atoms. The van der Waals surface area contributed by atoms with E-state index >= 15 is 0 Å². The van der Waals surface area contributed by atoms with Crippen LogP contribution in [0, 0.1) is 26.1 Å². The van der Waals surface area contributed by atoms with Gasteiger partial charge in [-0.2, -0.15) is 0 Å². The smallest absolute Gasteiger partial charge is 0.277 e. The van der Waals surface area contributed by atoms with Crippen molar-refractivity contribution in [2.24, 2.45) is 5.92 Å². The average Bonchev–Trinajstić information content (AvgIpc) is 3.15. The highest BCUT2D eigenvalue weighted by molar-refractivity contribution is 5.97. The Balaban J connectivity index is 2.25. The third kappa shape index (κ3) is 3.33. The molecule has 8 nitrogen and oxygen atoms in total. The molecule has 21 heavy (non-hydrogen) atoms. The van der Waals surface area contributed by atoms with E-state index in [2.05, 4.69) is 0 Å². The lowest BCUT2D eigenvalue weighted by Gasteiger charge is -2.06. The van der Waals surface area contributed by atoms with Gasteiger partial charge in [0.1, 0.15) is 0 Å². The molecule has 8 heteroatoms. The fraction of sp³-hybridized carbons (Fsp3) is 0.462. The molecule has 1 unspecified atom stereocenters. The molecule has 0 aromatic heterocycles. The number of non-ortho nitro benzene ring substituents is 2. The molecule has 0 N–H and O–H groups in total. The molecule has 0 spiro atoms. The second-order valence-corrected chi connectivity index (χ2v) is 5.49. The molecular formula is C13H15N3O5. The summed E-state index contributed by atoms with van der Waals surface area (Å²) in [7, 11) is 0. The van der Waals surface area contributed by atoms with E-state index in [-0.39, 0.29) is 11.6 Å². The van der Waals surface area contributed by atoms with Crippen molar-refractivity contribution in [3.8, 4) is 0 Å². The molecule has 1 amide bonds. The van der Waals surface area contributed by atoms with Crippen LogP contribution in [-0.2, 0) is 0 Å². The van der Waals surface area contributed by atoms with E-state index in [4.69, 9.17) is 0 Å². The summed E-state index contributed by atoms with van der Waals surface area (Å²) in [6.07, 6.45) is 0.850. The molecule has 1 fully saturated rings. The van der Waals surface area contributed by atoms with Crippen molar-refractivity contribution in [3.63, 3.8) is 0 Å². The molecule has 0 radical (unpaired) electrons. The van der Waals surface area contributed by atoms with Crippen molar-refractivity contribution < 1.29 is 14.6 Å². The number of amides is 1. The van der Waals surface area contributed by atoms with Gasteiger partial charge >= 0.3 is 0 Å². The summed E-state index contributed by atoms with van der Waals surface area (Å²) in [6.45, 7) is 4.67. The predicted molar refractivity (Wildman–Crippen MR) is 74.0 cm³/mol. The maximum Gasteiger partial charge on any atom is 0.277 e. The first-order chi connectivity index (χ1) is 9.79. The first kappa shape index (κ1) is 14.9. The average molecular weight is 293 g/mol. The van der Waals surface area contributed by atoms with Crippen LogP contribution in [0.25, 0.3) is 0 Å². The van der Waals surface area contributed by atoms with Crippen LogP contribution in [0.5, 0.6) is 0 Å². The van der Waals surface area contributed by atoms with Crippen LogP contribution < -0.4 is 0 Å². The second kappa shape index (κ2) is 5.47. The predicted octanol–water partition coefficient (Wildman–Crippen LogP) is 2.37. The summed E-state index contributed by atoms with van der Waals surface area (Å²) in [6, 6.07) is 3.14. The van der Waals surface area contributed by atoms with E-state index < -0.39 is 27.1 Å². The number of rotatable bonds is 5. The van der Waals surface area contributed by atoms with E-state index in [0.717, 1.165) is 24.6 Å². The Morgan fingerprint density at radius 1 is 1.24 bits per heavy atom. The third-order valence-corrected chi connectivity index (χ3v) is 3.29. The molecule has 1 aliphatic rings. The lowest BCUT2D eigenvalue weighted by atomic mass is 10.1. The van der Waals surface area contributed by atoms with Crippen molar-refractivity contribution >= 4 is 17.3 Å². The summed E-state index contributed by atoms with van der Waals surface area (Å²) in [5, 5.41) is 21.6. The quantitative estimate of drug-likeness (QED) is 0.470. The zero-order valence-electron chi connectivity index (χ0n) is 11.7. The Kier molecular flexibility index (Phi) is 3.88. The largest absolute Gasteiger partial charge is 0.332 e. The molecule has 1 saturated heterocycles. The van der Waals surface area contributed by atoms with Crippen LogP contribution in [0.2, 0.25) is 0 Å². The number of hydrogen-bond donors (Lipinski definition) is 0. The van der Waals surface area contributed by atoms with Crippen LogP contribution in [-0.4, -0.2) is 33.2 Å². The number of carbonyl (C=O) groups excluding carboxylic acids is 1. The SMILES string of the molecule is CC(C)CC1CN1C(=O)c1cc([N+](=O)[O-])cc([N+](=O)[O-])c1. The summed E-state index contributed by atoms with van der Waals surface area (Å²) in [5.41, 5.74) is -0.910. The molecule has 0 aliphatic carbocycles. The lowest BCUT2D eigenvalue weighted by molar-refractivity contribution is -0.394. The Hall–Kier alpha value is -2.51. The van der Waals surface area contributed by atoms with Crippen molar-refractivity contribution in [1.29, 1.82) is 0 Å². The monoisotopic (exact) mass is 293 g/mol. The maximum absolute atomic E-state index is 12.2. The van der Waals surface area contributed by atoms with E-state index in [9.17, 15) is 25.0 Å². The van der Waals surface area contributed by atoms with Gasteiger partial charge in [-0.05, 0) is 12.3 Å². The van der Waals surface area contributed by atoms with Gasteiger partial charge in [-0.25, -0.2) is 0 Å². The molecular weight excluding hydrogens is 278 g/mol. The van der Waals surface area contributed by atoms with Crippen LogP contribution in [0.1, 0.15) is 30.6 Å². The number of nitrogens with zero attached hydrogens (tertiary/aromatic N) is 3. The van der Waals surface area contributed by atoms with Crippen LogP contribution in [0.15, 0.2) is 18.2 Å². The van der Waals surface area contributed by atoms with E-state index in [0.29, 0.717) is 12.5 Å². The number of hydrogen-bond acceptors (Lipinski definition) is 5. The Morgan fingerprint density at radius 2 is 1.76 bits per heavy atom. The molecule has 2 rings (SSSR count). The number of nitro groups is 2. The van der Waals surface area contributed by atoms with Gasteiger partial charge in [0.05, 0.1) is 21.5 Å². The minimum Gasteiger partial charge on any atom is -0.332 e. The molecule has 1 atom stereocenters. The second-order valence-electron chi connectivity index (χ2n) is 5.49. The molecule has 1 heterocycles. The Labute approximate surface area is 120 Å². The van der Waals surface area contributed by atoms with Crippen molar-refractivity contribution in [3.05, 3.63) is 44.0 Å². The van der Waals surface area contributed by atoms with Crippen molar-refractivity contribution in [1.82, 2.24) is 4.90 Å². The van der Waals surface area contributed by atoms with Gasteiger partial charge in [0, 0.05) is 24.7 Å². The third-order valence-electron chi connectivity index (χ3n) is 3.29. The fourth-order valence-corrected chi connectivity index (χ4v) is 2.27. The molecule has 1 aromatic rings. The van der Waals surface area contributed by atoms with Gasteiger partial charge in [-0.3, -0.25) is 25.0 Å². The lowest BCUT2D eigenvalue weighted by Crippen LogP contribution is -2.15. The Morgan fingerprint density at radius 3 is 2.19 bits per heavy atom. The van der Waals surface area contributed by atoms with Crippen LogP contribution in [0.3, 0.4) is 0 Å².